The monoisotopic (exact) mass is 295 g/mol. The Balaban J connectivity index is 1.98. The van der Waals surface area contributed by atoms with Gasteiger partial charge >= 0.3 is 0 Å². The smallest absolute Gasteiger partial charge is 0.238 e. The third-order valence-electron chi connectivity index (χ3n) is 2.32. The van der Waals surface area contributed by atoms with Crippen LogP contribution in [0.25, 0.3) is 0 Å². The molecule has 0 aliphatic heterocycles. The van der Waals surface area contributed by atoms with E-state index in [2.05, 4.69) is 20.5 Å². The molecule has 0 saturated carbocycles. The van der Waals surface area contributed by atoms with Crippen molar-refractivity contribution in [2.24, 2.45) is 0 Å². The molecule has 2 aromatic heterocycles. The molecule has 0 aliphatic rings. The quantitative estimate of drug-likeness (QED) is 0.837. The molecule has 2 rings (SSSR count). The van der Waals surface area contributed by atoms with E-state index >= 15 is 0 Å². The van der Waals surface area contributed by atoms with E-state index in [0.717, 1.165) is 5.56 Å². The average Bonchev–Trinajstić information content (AvgIpc) is 2.77. The topological polar surface area (TPSA) is 93.8 Å². The maximum Gasteiger partial charge on any atom is 0.238 e. The number of pyridine rings is 1. The first-order valence-electron chi connectivity index (χ1n) is 5.54. The van der Waals surface area contributed by atoms with E-state index in [0.29, 0.717) is 15.3 Å². The molecule has 0 fully saturated rings. The second-order valence-corrected chi connectivity index (χ2v) is 6.42. The molecular weight excluding hydrogens is 282 g/mol. The lowest BCUT2D eigenvalue weighted by atomic mass is 10.3. The predicted molar refractivity (Wildman–Crippen MR) is 77.2 cm³/mol. The Morgan fingerprint density at radius 3 is 2.95 bits per heavy atom. The SMILES string of the molecule is Cc1cccnc1NC(=O)C(C)Sc1nnc(N)s1. The van der Waals surface area contributed by atoms with E-state index in [1.807, 2.05) is 19.1 Å². The minimum Gasteiger partial charge on any atom is -0.374 e. The lowest BCUT2D eigenvalue weighted by Gasteiger charge is -2.10. The maximum absolute atomic E-state index is 12.0. The van der Waals surface area contributed by atoms with E-state index < -0.39 is 0 Å². The van der Waals surface area contributed by atoms with Gasteiger partial charge in [0.05, 0.1) is 5.25 Å². The van der Waals surface area contributed by atoms with Crippen LogP contribution in [0.4, 0.5) is 10.9 Å². The number of rotatable bonds is 4. The van der Waals surface area contributed by atoms with E-state index in [1.54, 1.807) is 13.1 Å². The number of thioether (sulfide) groups is 1. The van der Waals surface area contributed by atoms with Crippen LogP contribution in [0.1, 0.15) is 12.5 Å². The van der Waals surface area contributed by atoms with Gasteiger partial charge in [0.2, 0.25) is 11.0 Å². The molecule has 0 aliphatic carbocycles. The van der Waals surface area contributed by atoms with Crippen LogP contribution >= 0.6 is 23.1 Å². The molecule has 0 bridgehead atoms. The summed E-state index contributed by atoms with van der Waals surface area (Å²) in [4.78, 5) is 16.2. The number of amides is 1. The van der Waals surface area contributed by atoms with Gasteiger partial charge in [-0.15, -0.1) is 10.2 Å². The summed E-state index contributed by atoms with van der Waals surface area (Å²) in [5.74, 6) is 0.456. The molecular formula is C11H13N5OS2. The zero-order valence-corrected chi connectivity index (χ0v) is 12.1. The lowest BCUT2D eigenvalue weighted by Crippen LogP contribution is -2.23. The summed E-state index contributed by atoms with van der Waals surface area (Å²) in [6, 6.07) is 3.72. The molecule has 0 spiro atoms. The molecule has 1 amide bonds. The first-order chi connectivity index (χ1) is 9.06. The third kappa shape index (κ3) is 3.65. The molecule has 2 aromatic rings. The highest BCUT2D eigenvalue weighted by molar-refractivity contribution is 8.02. The summed E-state index contributed by atoms with van der Waals surface area (Å²) >= 11 is 2.59. The van der Waals surface area contributed by atoms with Gasteiger partial charge in [-0.1, -0.05) is 29.2 Å². The Labute approximate surface area is 118 Å². The van der Waals surface area contributed by atoms with Crippen molar-refractivity contribution in [3.63, 3.8) is 0 Å². The molecule has 100 valence electrons. The fraction of sp³-hybridized carbons (Fsp3) is 0.273. The van der Waals surface area contributed by atoms with E-state index in [1.165, 1.54) is 23.1 Å². The number of hydrogen-bond donors (Lipinski definition) is 2. The summed E-state index contributed by atoms with van der Waals surface area (Å²) in [5.41, 5.74) is 6.42. The number of nitrogen functional groups attached to an aromatic ring is 1. The molecule has 6 nitrogen and oxygen atoms in total. The second-order valence-electron chi connectivity index (χ2n) is 3.82. The maximum atomic E-state index is 12.0. The van der Waals surface area contributed by atoms with E-state index in [-0.39, 0.29) is 11.2 Å². The molecule has 0 radical (unpaired) electrons. The van der Waals surface area contributed by atoms with Crippen molar-refractivity contribution >= 4 is 40.0 Å². The van der Waals surface area contributed by atoms with Crippen molar-refractivity contribution in [2.45, 2.75) is 23.4 Å². The number of carbonyl (C=O) groups excluding carboxylic acids is 1. The Morgan fingerprint density at radius 2 is 2.32 bits per heavy atom. The standard InChI is InChI=1S/C11H13N5OS2/c1-6-4-3-5-13-8(6)14-9(17)7(2)18-11-16-15-10(12)19-11/h3-5,7H,1-2H3,(H2,12,15)(H,13,14,17). The molecule has 1 unspecified atom stereocenters. The molecule has 1 atom stereocenters. The highest BCUT2D eigenvalue weighted by Crippen LogP contribution is 2.28. The summed E-state index contributed by atoms with van der Waals surface area (Å²) in [7, 11) is 0. The molecule has 0 saturated heterocycles. The van der Waals surface area contributed by atoms with Crippen molar-refractivity contribution in [1.82, 2.24) is 15.2 Å². The summed E-state index contributed by atoms with van der Waals surface area (Å²) in [6.07, 6.45) is 1.64. The van der Waals surface area contributed by atoms with Crippen LogP contribution in [0.3, 0.4) is 0 Å². The lowest BCUT2D eigenvalue weighted by molar-refractivity contribution is -0.115. The normalized spacial score (nSPS) is 12.1. The number of aromatic nitrogens is 3. The first kappa shape index (κ1) is 13.8. The van der Waals surface area contributed by atoms with Gasteiger partial charge in [0.15, 0.2) is 4.34 Å². The Morgan fingerprint density at radius 1 is 1.53 bits per heavy atom. The van der Waals surface area contributed by atoms with Crippen molar-refractivity contribution in [2.75, 3.05) is 11.1 Å². The van der Waals surface area contributed by atoms with Gasteiger partial charge in [-0.2, -0.15) is 0 Å². The number of nitrogens with two attached hydrogens (primary N) is 1. The van der Waals surface area contributed by atoms with Crippen LogP contribution in [0, 0.1) is 6.92 Å². The van der Waals surface area contributed by atoms with Crippen LogP contribution in [0.5, 0.6) is 0 Å². The predicted octanol–water partition coefficient (Wildman–Crippen LogP) is 1.94. The fourth-order valence-electron chi connectivity index (χ4n) is 1.31. The van der Waals surface area contributed by atoms with Crippen LogP contribution in [0.2, 0.25) is 0 Å². The number of nitrogens with zero attached hydrogens (tertiary/aromatic N) is 3. The second kappa shape index (κ2) is 5.98. The Hall–Kier alpha value is -1.67. The highest BCUT2D eigenvalue weighted by Gasteiger charge is 2.17. The zero-order chi connectivity index (χ0) is 13.8. The largest absolute Gasteiger partial charge is 0.374 e. The molecule has 0 aromatic carbocycles. The molecule has 3 N–H and O–H groups in total. The van der Waals surface area contributed by atoms with Crippen LogP contribution in [-0.4, -0.2) is 26.3 Å². The first-order valence-corrected chi connectivity index (χ1v) is 7.24. The molecule has 2 heterocycles. The third-order valence-corrected chi connectivity index (χ3v) is 4.26. The minimum atomic E-state index is -0.297. The fourth-order valence-corrected chi connectivity index (χ4v) is 3.09. The van der Waals surface area contributed by atoms with Gasteiger partial charge in [0, 0.05) is 6.20 Å². The number of aryl methyl sites for hydroxylation is 1. The van der Waals surface area contributed by atoms with Gasteiger partial charge in [0.25, 0.3) is 0 Å². The number of hydrogen-bond acceptors (Lipinski definition) is 7. The van der Waals surface area contributed by atoms with Crippen molar-refractivity contribution in [3.8, 4) is 0 Å². The Kier molecular flexibility index (Phi) is 4.33. The van der Waals surface area contributed by atoms with Gasteiger partial charge in [0.1, 0.15) is 5.82 Å². The highest BCUT2D eigenvalue weighted by atomic mass is 32.2. The minimum absolute atomic E-state index is 0.124. The molecule has 19 heavy (non-hydrogen) atoms. The van der Waals surface area contributed by atoms with Gasteiger partial charge in [-0.3, -0.25) is 4.79 Å². The summed E-state index contributed by atoms with van der Waals surface area (Å²) < 4.78 is 0.679. The van der Waals surface area contributed by atoms with Gasteiger partial charge in [-0.05, 0) is 25.5 Å². The average molecular weight is 295 g/mol. The van der Waals surface area contributed by atoms with Crippen molar-refractivity contribution in [3.05, 3.63) is 23.9 Å². The van der Waals surface area contributed by atoms with Gasteiger partial charge < -0.3 is 11.1 Å². The zero-order valence-electron chi connectivity index (χ0n) is 10.5. The van der Waals surface area contributed by atoms with Crippen LogP contribution < -0.4 is 11.1 Å². The van der Waals surface area contributed by atoms with Crippen molar-refractivity contribution in [1.29, 1.82) is 0 Å². The van der Waals surface area contributed by atoms with Crippen molar-refractivity contribution < 1.29 is 4.79 Å². The number of anilines is 2. The summed E-state index contributed by atoms with van der Waals surface area (Å²) in [5, 5.41) is 10.5. The van der Waals surface area contributed by atoms with Gasteiger partial charge in [-0.25, -0.2) is 4.98 Å². The Bertz CT molecular complexity index is 586. The molecule has 8 heteroatoms. The van der Waals surface area contributed by atoms with Crippen LogP contribution in [0.15, 0.2) is 22.7 Å². The van der Waals surface area contributed by atoms with E-state index in [4.69, 9.17) is 5.73 Å². The summed E-state index contributed by atoms with van der Waals surface area (Å²) in [6.45, 7) is 3.70. The van der Waals surface area contributed by atoms with E-state index in [9.17, 15) is 4.79 Å². The number of nitrogens with one attached hydrogen (secondary N) is 1. The number of carbonyl (C=O) groups is 1. The van der Waals surface area contributed by atoms with Crippen LogP contribution in [-0.2, 0) is 4.79 Å².